The summed E-state index contributed by atoms with van der Waals surface area (Å²) in [5.74, 6) is 0. The minimum Gasteiger partial charge on any atom is -0.328 e. The molecule has 0 radical (unpaired) electrons. The molecule has 80 valence electrons. The third-order valence-corrected chi connectivity index (χ3v) is 2.13. The molecule has 0 spiro atoms. The van der Waals surface area contributed by atoms with Crippen molar-refractivity contribution in [1.82, 2.24) is 4.90 Å². The number of rotatable bonds is 3. The third kappa shape index (κ3) is 3.21. The van der Waals surface area contributed by atoms with Crippen molar-refractivity contribution < 1.29 is 9.72 Å². The Morgan fingerprint density at radius 2 is 2.27 bits per heavy atom. The van der Waals surface area contributed by atoms with Gasteiger partial charge in [-0.2, -0.15) is 0 Å². The summed E-state index contributed by atoms with van der Waals surface area (Å²) in [4.78, 5) is 22.0. The number of non-ortho nitro benzene ring substituents is 1. The Labute approximate surface area is 91.4 Å². The van der Waals surface area contributed by atoms with Crippen molar-refractivity contribution in [2.45, 2.75) is 6.54 Å². The van der Waals surface area contributed by atoms with E-state index in [0.717, 1.165) is 0 Å². The molecule has 0 aromatic heterocycles. The van der Waals surface area contributed by atoms with Crippen molar-refractivity contribution in [1.29, 1.82) is 0 Å². The second-order valence-electron chi connectivity index (χ2n) is 3.04. The fourth-order valence-corrected chi connectivity index (χ4v) is 1.16. The number of nitro benzene ring substituents is 1. The lowest BCUT2D eigenvalue weighted by atomic mass is 10.2. The van der Waals surface area contributed by atoms with Crippen LogP contribution >= 0.6 is 11.6 Å². The van der Waals surface area contributed by atoms with Gasteiger partial charge >= 0.3 is 5.37 Å². The molecule has 0 fully saturated rings. The fraction of sp³-hybridized carbons (Fsp3) is 0.222. The zero-order chi connectivity index (χ0) is 11.4. The van der Waals surface area contributed by atoms with Gasteiger partial charge in [0.2, 0.25) is 0 Å². The molecule has 6 heteroatoms. The van der Waals surface area contributed by atoms with Crippen molar-refractivity contribution in [3.05, 3.63) is 39.9 Å². The summed E-state index contributed by atoms with van der Waals surface area (Å²) in [5.41, 5.74) is 0.670. The number of carbonyl (C=O) groups is 1. The summed E-state index contributed by atoms with van der Waals surface area (Å²) in [6.45, 7) is 0.254. The topological polar surface area (TPSA) is 63.4 Å². The number of carbonyl (C=O) groups excluding carboxylic acids is 1. The van der Waals surface area contributed by atoms with E-state index >= 15 is 0 Å². The summed E-state index contributed by atoms with van der Waals surface area (Å²) in [5, 5.41) is 9.88. The Bertz CT molecular complexity index is 395. The number of halogens is 1. The van der Waals surface area contributed by atoms with E-state index < -0.39 is 10.3 Å². The predicted molar refractivity (Wildman–Crippen MR) is 55.8 cm³/mol. The van der Waals surface area contributed by atoms with E-state index in [0.29, 0.717) is 5.56 Å². The zero-order valence-electron chi connectivity index (χ0n) is 8.01. The zero-order valence-corrected chi connectivity index (χ0v) is 8.77. The second kappa shape index (κ2) is 4.75. The van der Waals surface area contributed by atoms with Crippen LogP contribution in [0.3, 0.4) is 0 Å². The van der Waals surface area contributed by atoms with Crippen LogP contribution in [0.25, 0.3) is 0 Å². The van der Waals surface area contributed by atoms with Gasteiger partial charge < -0.3 is 4.90 Å². The largest absolute Gasteiger partial charge is 0.328 e. The highest BCUT2D eigenvalue weighted by Crippen LogP contribution is 2.14. The van der Waals surface area contributed by atoms with Crippen LogP contribution in [0.15, 0.2) is 24.3 Å². The Hall–Kier alpha value is -1.62. The molecule has 1 amide bonds. The summed E-state index contributed by atoms with van der Waals surface area (Å²) in [7, 11) is 1.52. The van der Waals surface area contributed by atoms with Crippen molar-refractivity contribution >= 4 is 22.7 Å². The normalized spacial score (nSPS) is 9.73. The molecule has 0 atom stereocenters. The summed E-state index contributed by atoms with van der Waals surface area (Å²) >= 11 is 5.23. The van der Waals surface area contributed by atoms with Gasteiger partial charge in [-0.25, -0.2) is 0 Å². The first-order chi connectivity index (χ1) is 7.00. The summed E-state index contributed by atoms with van der Waals surface area (Å²) < 4.78 is 0. The van der Waals surface area contributed by atoms with Gasteiger partial charge in [0.25, 0.3) is 5.69 Å². The number of benzene rings is 1. The van der Waals surface area contributed by atoms with Gasteiger partial charge in [0.05, 0.1) is 4.92 Å². The Kier molecular flexibility index (Phi) is 3.62. The lowest BCUT2D eigenvalue weighted by Crippen LogP contribution is -2.19. The first-order valence-electron chi connectivity index (χ1n) is 4.14. The quantitative estimate of drug-likeness (QED) is 0.345. The van der Waals surface area contributed by atoms with Gasteiger partial charge in [0.1, 0.15) is 0 Å². The Morgan fingerprint density at radius 1 is 1.60 bits per heavy atom. The van der Waals surface area contributed by atoms with E-state index in [4.69, 9.17) is 11.6 Å². The molecular formula is C9H9ClN2O3. The minimum atomic E-state index is -0.596. The molecule has 0 unspecified atom stereocenters. The van der Waals surface area contributed by atoms with Gasteiger partial charge in [0, 0.05) is 25.7 Å². The molecule has 15 heavy (non-hydrogen) atoms. The first kappa shape index (κ1) is 11.5. The van der Waals surface area contributed by atoms with E-state index in [1.54, 1.807) is 12.1 Å². The van der Waals surface area contributed by atoms with Crippen LogP contribution < -0.4 is 0 Å². The molecule has 0 aliphatic rings. The van der Waals surface area contributed by atoms with Gasteiger partial charge in [-0.1, -0.05) is 12.1 Å². The Balaban J connectivity index is 2.82. The maximum atomic E-state index is 10.7. The van der Waals surface area contributed by atoms with Crippen LogP contribution in [0, 0.1) is 10.1 Å². The molecule has 0 saturated carbocycles. The molecular weight excluding hydrogens is 220 g/mol. The molecule has 5 nitrogen and oxygen atoms in total. The smallest absolute Gasteiger partial charge is 0.316 e. The number of nitro groups is 1. The number of amides is 1. The number of hydrogen-bond donors (Lipinski definition) is 0. The predicted octanol–water partition coefficient (Wildman–Crippen LogP) is 2.39. The Morgan fingerprint density at radius 3 is 2.80 bits per heavy atom. The van der Waals surface area contributed by atoms with E-state index in [9.17, 15) is 14.9 Å². The van der Waals surface area contributed by atoms with Crippen molar-refractivity contribution in [3.63, 3.8) is 0 Å². The van der Waals surface area contributed by atoms with Crippen LogP contribution in [0.4, 0.5) is 10.5 Å². The average Bonchev–Trinajstić information content (AvgIpc) is 2.18. The maximum Gasteiger partial charge on any atom is 0.316 e. The summed E-state index contributed by atoms with van der Waals surface area (Å²) in [6.07, 6.45) is 0. The van der Waals surface area contributed by atoms with Crippen LogP contribution in [0.5, 0.6) is 0 Å². The summed E-state index contributed by atoms with van der Waals surface area (Å²) in [6, 6.07) is 6.08. The number of hydrogen-bond acceptors (Lipinski definition) is 3. The molecule has 0 aliphatic heterocycles. The first-order valence-corrected chi connectivity index (χ1v) is 4.52. The van der Waals surface area contributed by atoms with E-state index in [-0.39, 0.29) is 12.2 Å². The van der Waals surface area contributed by atoms with E-state index in [2.05, 4.69) is 0 Å². The standard InChI is InChI=1S/C9H9ClN2O3/c1-11(9(10)13)6-7-3-2-4-8(5-7)12(14)15/h2-5H,6H2,1H3. The second-order valence-corrected chi connectivity index (χ2v) is 3.36. The van der Waals surface area contributed by atoms with E-state index in [1.165, 1.54) is 24.1 Å². The molecule has 0 saturated heterocycles. The molecule has 0 N–H and O–H groups in total. The lowest BCUT2D eigenvalue weighted by molar-refractivity contribution is -0.384. The molecule has 1 aromatic carbocycles. The molecule has 1 rings (SSSR count). The minimum absolute atomic E-state index is 0.00271. The van der Waals surface area contributed by atoms with Crippen LogP contribution in [0.1, 0.15) is 5.56 Å². The highest BCUT2D eigenvalue weighted by molar-refractivity contribution is 6.62. The monoisotopic (exact) mass is 228 g/mol. The maximum absolute atomic E-state index is 10.7. The van der Waals surface area contributed by atoms with Crippen LogP contribution in [-0.4, -0.2) is 22.2 Å². The van der Waals surface area contributed by atoms with E-state index in [1.807, 2.05) is 0 Å². The molecule has 0 heterocycles. The third-order valence-electron chi connectivity index (χ3n) is 1.84. The van der Waals surface area contributed by atoms with Crippen LogP contribution in [0.2, 0.25) is 0 Å². The lowest BCUT2D eigenvalue weighted by Gasteiger charge is -2.12. The highest BCUT2D eigenvalue weighted by atomic mass is 35.5. The van der Waals surface area contributed by atoms with Gasteiger partial charge in [-0.05, 0) is 17.2 Å². The average molecular weight is 229 g/mol. The number of nitrogens with zero attached hydrogens (tertiary/aromatic N) is 2. The van der Waals surface area contributed by atoms with Crippen LogP contribution in [-0.2, 0) is 6.54 Å². The van der Waals surface area contributed by atoms with Crippen molar-refractivity contribution in [2.24, 2.45) is 0 Å². The van der Waals surface area contributed by atoms with Gasteiger partial charge in [-0.15, -0.1) is 0 Å². The molecule has 0 bridgehead atoms. The SMILES string of the molecule is CN(Cc1cccc([N+](=O)[O-])c1)C(=O)Cl. The molecule has 0 aliphatic carbocycles. The fourth-order valence-electron chi connectivity index (χ4n) is 1.10. The highest BCUT2D eigenvalue weighted by Gasteiger charge is 2.09. The van der Waals surface area contributed by atoms with Gasteiger partial charge in [-0.3, -0.25) is 14.9 Å². The molecule has 1 aromatic rings. The van der Waals surface area contributed by atoms with Crippen molar-refractivity contribution in [3.8, 4) is 0 Å². The van der Waals surface area contributed by atoms with Crippen molar-refractivity contribution in [2.75, 3.05) is 7.05 Å². The van der Waals surface area contributed by atoms with Gasteiger partial charge in [0.15, 0.2) is 0 Å².